The number of nitrogens with one attached hydrogen (secondary N) is 1. The van der Waals surface area contributed by atoms with E-state index in [-0.39, 0.29) is 30.0 Å². The third kappa shape index (κ3) is 4.14. The van der Waals surface area contributed by atoms with E-state index < -0.39 is 29.3 Å². The molecule has 0 aliphatic carbocycles. The third-order valence-electron chi connectivity index (χ3n) is 5.44. The number of unbranched alkanes of at least 4 members (excludes halogenated alkanes) is 1. The molecule has 0 atom stereocenters. The number of nitrogen functional groups attached to an aromatic ring is 1. The number of hydrogen-bond donors (Lipinski definition) is 2. The molecule has 0 bridgehead atoms. The molecule has 0 radical (unpaired) electrons. The van der Waals surface area contributed by atoms with Crippen LogP contribution in [-0.4, -0.2) is 34.8 Å². The first-order chi connectivity index (χ1) is 16.3. The van der Waals surface area contributed by atoms with Crippen molar-refractivity contribution in [1.29, 1.82) is 0 Å². The van der Waals surface area contributed by atoms with Crippen molar-refractivity contribution in [1.82, 2.24) is 28.9 Å². The summed E-state index contributed by atoms with van der Waals surface area (Å²) >= 11 is 0. The second-order valence-corrected chi connectivity index (χ2v) is 7.74. The van der Waals surface area contributed by atoms with Crippen molar-refractivity contribution >= 4 is 28.4 Å². The Morgan fingerprint density at radius 2 is 2.09 bits per heavy atom. The largest absolute Gasteiger partial charge is 0.467 e. The first-order valence-electron chi connectivity index (χ1n) is 10.6. The maximum atomic E-state index is 13.4. The van der Waals surface area contributed by atoms with Crippen LogP contribution >= 0.6 is 0 Å². The Kier molecular flexibility index (Phi) is 6.17. The Bertz CT molecular complexity index is 1510. The van der Waals surface area contributed by atoms with E-state index in [0.717, 1.165) is 15.9 Å². The van der Waals surface area contributed by atoms with Crippen molar-refractivity contribution in [3.63, 3.8) is 0 Å². The summed E-state index contributed by atoms with van der Waals surface area (Å²) in [6, 6.07) is 3.27. The first kappa shape index (κ1) is 22.8. The number of nitrogens with zero attached hydrogens (tertiary/aromatic N) is 6. The molecule has 4 heterocycles. The minimum absolute atomic E-state index is 0.136. The fourth-order valence-corrected chi connectivity index (χ4v) is 3.64. The van der Waals surface area contributed by atoms with Gasteiger partial charge in [-0.25, -0.2) is 9.78 Å². The molecule has 178 valence electrons. The van der Waals surface area contributed by atoms with Gasteiger partial charge in [0.2, 0.25) is 5.91 Å². The van der Waals surface area contributed by atoms with E-state index in [9.17, 15) is 19.2 Å². The maximum absolute atomic E-state index is 13.4. The fourth-order valence-electron chi connectivity index (χ4n) is 3.64. The van der Waals surface area contributed by atoms with Crippen molar-refractivity contribution < 1.29 is 9.21 Å². The average molecular weight is 468 g/mol. The minimum atomic E-state index is -0.816. The topological polar surface area (TPSA) is 167 Å². The number of aromatic amines is 1. The van der Waals surface area contributed by atoms with Gasteiger partial charge < -0.3 is 10.2 Å². The molecule has 13 heteroatoms. The quantitative estimate of drug-likeness (QED) is 0.369. The molecule has 0 saturated heterocycles. The van der Waals surface area contributed by atoms with E-state index in [0.29, 0.717) is 17.8 Å². The van der Waals surface area contributed by atoms with Crippen LogP contribution in [0.4, 0.5) is 11.5 Å². The second kappa shape index (κ2) is 9.21. The molecule has 4 rings (SSSR count). The van der Waals surface area contributed by atoms with Gasteiger partial charge in [-0.15, -0.1) is 0 Å². The van der Waals surface area contributed by atoms with Gasteiger partial charge in [0, 0.05) is 13.6 Å². The fraction of sp³-hybridized carbons (Fsp3) is 0.333. The van der Waals surface area contributed by atoms with Gasteiger partial charge in [0.05, 0.1) is 19.0 Å². The molecule has 13 nitrogen and oxygen atoms in total. The summed E-state index contributed by atoms with van der Waals surface area (Å²) in [6.45, 7) is 1.66. The Morgan fingerprint density at radius 1 is 1.29 bits per heavy atom. The van der Waals surface area contributed by atoms with Gasteiger partial charge in [-0.05, 0) is 18.6 Å². The summed E-state index contributed by atoms with van der Waals surface area (Å²) in [4.78, 5) is 58.9. The van der Waals surface area contributed by atoms with Gasteiger partial charge in [0.1, 0.15) is 29.8 Å². The molecular formula is C21H24N8O5. The van der Waals surface area contributed by atoms with Crippen LogP contribution in [0.2, 0.25) is 0 Å². The van der Waals surface area contributed by atoms with Crippen LogP contribution in [-0.2, 0) is 31.5 Å². The van der Waals surface area contributed by atoms with Gasteiger partial charge in [-0.1, -0.05) is 13.3 Å². The van der Waals surface area contributed by atoms with E-state index in [4.69, 9.17) is 10.2 Å². The summed E-state index contributed by atoms with van der Waals surface area (Å²) in [5, 5.41) is 4.26. The molecule has 0 spiro atoms. The van der Waals surface area contributed by atoms with Gasteiger partial charge in [0.15, 0.2) is 11.3 Å². The Balaban J connectivity index is 1.78. The number of hydrogen-bond acceptors (Lipinski definition) is 8. The lowest BCUT2D eigenvalue weighted by atomic mass is 10.3. The molecule has 0 aromatic carbocycles. The average Bonchev–Trinajstić information content (AvgIpc) is 3.44. The van der Waals surface area contributed by atoms with Crippen LogP contribution in [0, 0.1) is 0 Å². The number of carbonyl (C=O) groups is 1. The van der Waals surface area contributed by atoms with Crippen LogP contribution in [0.3, 0.4) is 0 Å². The standard InChI is InChI=1S/C21H24N8O5/c1-3-4-7-28-17(22)16(19(31)25-21(28)33)29(10-13-6-5-8-34-13)15(30)11-27-12-23-18-14(20(27)32)9-24-26(18)2/h5-6,8-9,12H,3-4,7,10-11,22H2,1-2H3,(H,25,31,33). The molecule has 4 aromatic heterocycles. The molecule has 0 saturated carbocycles. The second-order valence-electron chi connectivity index (χ2n) is 7.74. The SMILES string of the molecule is CCCCn1c(N)c(N(Cc2ccco2)C(=O)Cn2cnc3c(cnn3C)c2=O)c(=O)[nH]c1=O. The third-order valence-corrected chi connectivity index (χ3v) is 5.44. The number of carbonyl (C=O) groups excluding carboxylic acids is 1. The Labute approximate surface area is 192 Å². The summed E-state index contributed by atoms with van der Waals surface area (Å²) in [5.74, 6) is -0.386. The van der Waals surface area contributed by atoms with Crippen LogP contribution in [0.25, 0.3) is 11.0 Å². The predicted octanol–water partition coefficient (Wildman–Crippen LogP) is 0.189. The Morgan fingerprint density at radius 3 is 2.79 bits per heavy atom. The lowest BCUT2D eigenvalue weighted by Crippen LogP contribution is -2.43. The number of anilines is 2. The lowest BCUT2D eigenvalue weighted by molar-refractivity contribution is -0.119. The van der Waals surface area contributed by atoms with Crippen LogP contribution in [0.5, 0.6) is 0 Å². The summed E-state index contributed by atoms with van der Waals surface area (Å²) < 4.78 is 9.16. The monoisotopic (exact) mass is 468 g/mol. The zero-order valence-electron chi connectivity index (χ0n) is 18.7. The minimum Gasteiger partial charge on any atom is -0.467 e. The summed E-state index contributed by atoms with van der Waals surface area (Å²) in [7, 11) is 1.65. The number of aromatic nitrogens is 6. The zero-order chi connectivity index (χ0) is 24.4. The molecule has 4 aromatic rings. The normalized spacial score (nSPS) is 11.2. The van der Waals surface area contributed by atoms with E-state index in [1.807, 2.05) is 6.92 Å². The van der Waals surface area contributed by atoms with Crippen molar-refractivity contribution in [2.45, 2.75) is 39.4 Å². The molecule has 0 fully saturated rings. The molecule has 0 aliphatic heterocycles. The predicted molar refractivity (Wildman–Crippen MR) is 123 cm³/mol. The first-order valence-corrected chi connectivity index (χ1v) is 10.6. The van der Waals surface area contributed by atoms with Gasteiger partial charge in [-0.3, -0.25) is 38.1 Å². The molecule has 0 aliphatic rings. The number of furan rings is 1. The van der Waals surface area contributed by atoms with E-state index in [1.54, 1.807) is 19.2 Å². The van der Waals surface area contributed by atoms with E-state index in [2.05, 4.69) is 15.1 Å². The number of nitrogens with two attached hydrogens (primary N) is 1. The van der Waals surface area contributed by atoms with Crippen molar-refractivity contribution in [2.24, 2.45) is 7.05 Å². The van der Waals surface area contributed by atoms with Crippen molar-refractivity contribution in [2.75, 3.05) is 10.6 Å². The van der Waals surface area contributed by atoms with E-state index >= 15 is 0 Å². The highest BCUT2D eigenvalue weighted by atomic mass is 16.3. The van der Waals surface area contributed by atoms with Crippen LogP contribution < -0.4 is 27.4 Å². The number of H-pyrrole nitrogens is 1. The zero-order valence-corrected chi connectivity index (χ0v) is 18.7. The van der Waals surface area contributed by atoms with Gasteiger partial charge >= 0.3 is 5.69 Å². The van der Waals surface area contributed by atoms with Crippen LogP contribution in [0.1, 0.15) is 25.5 Å². The smallest absolute Gasteiger partial charge is 0.330 e. The van der Waals surface area contributed by atoms with Crippen LogP contribution in [0.15, 0.2) is 49.7 Å². The van der Waals surface area contributed by atoms with Crippen molar-refractivity contribution in [3.8, 4) is 0 Å². The molecule has 0 unspecified atom stereocenters. The molecular weight excluding hydrogens is 444 g/mol. The molecule has 34 heavy (non-hydrogen) atoms. The van der Waals surface area contributed by atoms with Gasteiger partial charge in [0.25, 0.3) is 11.1 Å². The molecule has 1 amide bonds. The summed E-state index contributed by atoms with van der Waals surface area (Å²) in [6.07, 6.45) is 5.48. The number of amides is 1. The van der Waals surface area contributed by atoms with E-state index in [1.165, 1.54) is 28.0 Å². The van der Waals surface area contributed by atoms with Crippen molar-refractivity contribution in [3.05, 3.63) is 67.9 Å². The highest BCUT2D eigenvalue weighted by molar-refractivity contribution is 5.95. The number of rotatable bonds is 8. The highest BCUT2D eigenvalue weighted by Crippen LogP contribution is 2.21. The number of fused-ring (bicyclic) bond motifs is 1. The molecule has 3 N–H and O–H groups in total. The number of aryl methyl sites for hydroxylation is 1. The lowest BCUT2D eigenvalue weighted by Gasteiger charge is -2.24. The Hall–Kier alpha value is -4.42. The summed E-state index contributed by atoms with van der Waals surface area (Å²) in [5.41, 5.74) is 4.47. The maximum Gasteiger partial charge on any atom is 0.330 e. The highest BCUT2D eigenvalue weighted by Gasteiger charge is 2.26. The van der Waals surface area contributed by atoms with Gasteiger partial charge in [-0.2, -0.15) is 5.10 Å².